The van der Waals surface area contributed by atoms with Gasteiger partial charge in [0.25, 0.3) is 0 Å². The van der Waals surface area contributed by atoms with Gasteiger partial charge in [0.2, 0.25) is 0 Å². The minimum absolute atomic E-state index is 0.0165. The normalized spacial score (nSPS) is 10.9. The van der Waals surface area contributed by atoms with Crippen molar-refractivity contribution in [1.82, 2.24) is 9.78 Å². The van der Waals surface area contributed by atoms with Gasteiger partial charge in [-0.25, -0.2) is 0 Å². The van der Waals surface area contributed by atoms with Crippen LogP contribution in [0.5, 0.6) is 5.75 Å². The molecule has 4 nitrogen and oxygen atoms in total. The van der Waals surface area contributed by atoms with E-state index in [1.54, 1.807) is 6.07 Å². The minimum Gasteiger partial charge on any atom is -0.490 e. The maximum Gasteiger partial charge on any atom is 0.138 e. The number of aromatic nitrogens is 2. The van der Waals surface area contributed by atoms with Crippen molar-refractivity contribution in [3.05, 3.63) is 48.0 Å². The molecule has 4 heteroatoms. The average Bonchev–Trinajstić information content (AvgIpc) is 2.84. The first-order chi connectivity index (χ1) is 10.6. The summed E-state index contributed by atoms with van der Waals surface area (Å²) >= 11 is 0. The number of nitriles is 1. The lowest BCUT2D eigenvalue weighted by Crippen LogP contribution is -2.06. The molecule has 1 aromatic heterocycles. The highest BCUT2D eigenvalue weighted by Crippen LogP contribution is 2.31. The zero-order valence-electron chi connectivity index (χ0n) is 12.9. The number of para-hydroxylation sites is 1. The van der Waals surface area contributed by atoms with Gasteiger partial charge in [-0.15, -0.1) is 0 Å². The molecular formula is C18H17N3O. The lowest BCUT2D eigenvalue weighted by molar-refractivity contribution is 0.242. The first-order valence-corrected chi connectivity index (χ1v) is 7.23. The molecule has 2 aromatic carbocycles. The fourth-order valence-corrected chi connectivity index (χ4v) is 2.54. The SMILES string of the molecule is CC(C)Oc1cc(-c2nn(C)c3ccccc23)ccc1C#N. The monoisotopic (exact) mass is 291 g/mol. The molecule has 0 atom stereocenters. The Morgan fingerprint density at radius 3 is 2.68 bits per heavy atom. The number of ether oxygens (including phenoxy) is 1. The number of hydrogen-bond acceptors (Lipinski definition) is 3. The standard InChI is InChI=1S/C18H17N3O/c1-12(2)22-17-10-13(8-9-14(17)11-19)18-15-6-4-5-7-16(15)21(3)20-18/h4-10,12H,1-3H3. The Bertz CT molecular complexity index is 872. The number of nitrogens with zero attached hydrogens (tertiary/aromatic N) is 3. The van der Waals surface area contributed by atoms with Crippen molar-refractivity contribution in [2.45, 2.75) is 20.0 Å². The summed E-state index contributed by atoms with van der Waals surface area (Å²) in [7, 11) is 1.93. The Morgan fingerprint density at radius 2 is 1.95 bits per heavy atom. The van der Waals surface area contributed by atoms with Crippen LogP contribution in [-0.2, 0) is 7.05 Å². The molecule has 110 valence electrons. The van der Waals surface area contributed by atoms with Crippen LogP contribution >= 0.6 is 0 Å². The Hall–Kier alpha value is -2.80. The minimum atomic E-state index is 0.0165. The van der Waals surface area contributed by atoms with Crippen molar-refractivity contribution < 1.29 is 4.74 Å². The molecule has 0 aliphatic rings. The summed E-state index contributed by atoms with van der Waals surface area (Å²) in [5.74, 6) is 0.602. The summed E-state index contributed by atoms with van der Waals surface area (Å²) in [4.78, 5) is 0. The third-order valence-electron chi connectivity index (χ3n) is 3.50. The summed E-state index contributed by atoms with van der Waals surface area (Å²) in [6, 6.07) is 15.9. The molecule has 0 bridgehead atoms. The van der Waals surface area contributed by atoms with Gasteiger partial charge in [0, 0.05) is 18.0 Å². The predicted molar refractivity (Wildman–Crippen MR) is 86.6 cm³/mol. The first-order valence-electron chi connectivity index (χ1n) is 7.23. The highest BCUT2D eigenvalue weighted by atomic mass is 16.5. The molecule has 0 saturated carbocycles. The average molecular weight is 291 g/mol. The molecule has 0 spiro atoms. The Labute approximate surface area is 129 Å². The van der Waals surface area contributed by atoms with Crippen LogP contribution in [0, 0.1) is 11.3 Å². The van der Waals surface area contributed by atoms with Crippen molar-refractivity contribution in [3.63, 3.8) is 0 Å². The summed E-state index contributed by atoms with van der Waals surface area (Å²) in [6.45, 7) is 3.90. The third-order valence-corrected chi connectivity index (χ3v) is 3.50. The van der Waals surface area contributed by atoms with E-state index in [1.165, 1.54) is 0 Å². The molecule has 1 heterocycles. The summed E-state index contributed by atoms with van der Waals surface area (Å²) in [5.41, 5.74) is 3.47. The number of rotatable bonds is 3. The number of hydrogen-bond donors (Lipinski definition) is 0. The fraction of sp³-hybridized carbons (Fsp3) is 0.222. The van der Waals surface area contributed by atoms with E-state index in [-0.39, 0.29) is 6.10 Å². The van der Waals surface area contributed by atoms with Gasteiger partial charge < -0.3 is 4.74 Å². The van der Waals surface area contributed by atoms with E-state index in [0.29, 0.717) is 11.3 Å². The van der Waals surface area contributed by atoms with Gasteiger partial charge in [-0.3, -0.25) is 4.68 Å². The fourth-order valence-electron chi connectivity index (χ4n) is 2.54. The molecule has 0 unspecified atom stereocenters. The molecule has 0 N–H and O–H groups in total. The van der Waals surface area contributed by atoms with Gasteiger partial charge in [0.1, 0.15) is 17.5 Å². The second-order valence-corrected chi connectivity index (χ2v) is 5.48. The van der Waals surface area contributed by atoms with Crippen LogP contribution in [0.2, 0.25) is 0 Å². The Kier molecular flexibility index (Phi) is 3.56. The van der Waals surface area contributed by atoms with Crippen molar-refractivity contribution in [3.8, 4) is 23.1 Å². The topological polar surface area (TPSA) is 50.8 Å². The van der Waals surface area contributed by atoms with Crippen LogP contribution in [-0.4, -0.2) is 15.9 Å². The molecule has 3 rings (SSSR count). The van der Waals surface area contributed by atoms with E-state index < -0.39 is 0 Å². The number of benzene rings is 2. The van der Waals surface area contributed by atoms with Crippen molar-refractivity contribution in [1.29, 1.82) is 5.26 Å². The van der Waals surface area contributed by atoms with Crippen LogP contribution in [0.25, 0.3) is 22.2 Å². The first kappa shape index (κ1) is 14.2. The second kappa shape index (κ2) is 5.53. The van der Waals surface area contributed by atoms with Crippen LogP contribution in [0.4, 0.5) is 0 Å². The van der Waals surface area contributed by atoms with E-state index in [9.17, 15) is 5.26 Å². The third kappa shape index (κ3) is 2.42. The van der Waals surface area contributed by atoms with Gasteiger partial charge in [-0.2, -0.15) is 10.4 Å². The van der Waals surface area contributed by atoms with Gasteiger partial charge in [0.15, 0.2) is 0 Å². The van der Waals surface area contributed by atoms with Gasteiger partial charge >= 0.3 is 0 Å². The highest BCUT2D eigenvalue weighted by Gasteiger charge is 2.13. The maximum absolute atomic E-state index is 9.22. The summed E-state index contributed by atoms with van der Waals surface area (Å²) in [6.07, 6.45) is 0.0165. The highest BCUT2D eigenvalue weighted by molar-refractivity contribution is 5.93. The van der Waals surface area contributed by atoms with Crippen LogP contribution in [0.1, 0.15) is 19.4 Å². The van der Waals surface area contributed by atoms with E-state index in [2.05, 4.69) is 17.2 Å². The molecule has 0 aliphatic carbocycles. The summed E-state index contributed by atoms with van der Waals surface area (Å²) < 4.78 is 7.63. The van der Waals surface area contributed by atoms with E-state index in [0.717, 1.165) is 22.2 Å². The second-order valence-electron chi connectivity index (χ2n) is 5.48. The van der Waals surface area contributed by atoms with E-state index in [1.807, 2.05) is 55.9 Å². The van der Waals surface area contributed by atoms with Gasteiger partial charge in [-0.05, 0) is 32.0 Å². The predicted octanol–water partition coefficient (Wildman–Crippen LogP) is 3.90. The van der Waals surface area contributed by atoms with Crippen LogP contribution in [0.15, 0.2) is 42.5 Å². The van der Waals surface area contributed by atoms with Gasteiger partial charge in [0.05, 0.1) is 17.2 Å². The number of fused-ring (bicyclic) bond motifs is 1. The molecule has 0 saturated heterocycles. The Morgan fingerprint density at radius 1 is 1.18 bits per heavy atom. The smallest absolute Gasteiger partial charge is 0.138 e. The zero-order valence-corrected chi connectivity index (χ0v) is 12.9. The van der Waals surface area contributed by atoms with Crippen LogP contribution < -0.4 is 4.74 Å². The lowest BCUT2D eigenvalue weighted by Gasteiger charge is -2.12. The lowest BCUT2D eigenvalue weighted by atomic mass is 10.1. The molecule has 0 fully saturated rings. The Balaban J connectivity index is 2.17. The molecule has 0 amide bonds. The van der Waals surface area contributed by atoms with E-state index >= 15 is 0 Å². The van der Waals surface area contributed by atoms with Gasteiger partial charge in [-0.1, -0.05) is 24.3 Å². The molecule has 3 aromatic rings. The van der Waals surface area contributed by atoms with Crippen molar-refractivity contribution in [2.75, 3.05) is 0 Å². The molecule has 22 heavy (non-hydrogen) atoms. The van der Waals surface area contributed by atoms with Crippen molar-refractivity contribution >= 4 is 10.9 Å². The zero-order chi connectivity index (χ0) is 15.7. The van der Waals surface area contributed by atoms with Crippen LogP contribution in [0.3, 0.4) is 0 Å². The number of aryl methyl sites for hydroxylation is 1. The molecule has 0 radical (unpaired) electrons. The molecular weight excluding hydrogens is 274 g/mol. The van der Waals surface area contributed by atoms with Crippen molar-refractivity contribution in [2.24, 2.45) is 7.05 Å². The molecule has 0 aliphatic heterocycles. The maximum atomic E-state index is 9.22. The van der Waals surface area contributed by atoms with E-state index in [4.69, 9.17) is 4.74 Å². The quantitative estimate of drug-likeness (QED) is 0.735. The summed E-state index contributed by atoms with van der Waals surface area (Å²) in [5, 5.41) is 14.9. The largest absolute Gasteiger partial charge is 0.490 e.